The normalized spacial score (nSPS) is 25.4. The maximum Gasteiger partial charge on any atom is 0.260 e. The molecule has 2 aliphatic carbocycles. The quantitative estimate of drug-likeness (QED) is 0.112. The minimum Gasteiger partial charge on any atom is -0.508 e. The summed E-state index contributed by atoms with van der Waals surface area (Å²) in [4.78, 5) is 60.2. The second-order valence-corrected chi connectivity index (χ2v) is 15.5. The number of aromatic hydroxyl groups is 1. The number of anilines is 4. The van der Waals surface area contributed by atoms with Gasteiger partial charge in [-0.05, 0) is 115 Å². The van der Waals surface area contributed by atoms with Gasteiger partial charge in [0.1, 0.15) is 11.6 Å². The average molecular weight is 788 g/mol. The van der Waals surface area contributed by atoms with Crippen molar-refractivity contribution in [3.8, 4) is 5.75 Å². The highest BCUT2D eigenvalue weighted by atomic mass is 35.5. The lowest BCUT2D eigenvalue weighted by Gasteiger charge is -2.50. The van der Waals surface area contributed by atoms with Gasteiger partial charge < -0.3 is 10.4 Å². The number of allylic oxidation sites excluding steroid dienone is 2. The smallest absolute Gasteiger partial charge is 0.260 e. The zero-order valence-corrected chi connectivity index (χ0v) is 31.0. The van der Waals surface area contributed by atoms with Crippen LogP contribution in [-0.2, 0) is 24.6 Å². The van der Waals surface area contributed by atoms with Crippen molar-refractivity contribution in [3.05, 3.63) is 160 Å². The Kier molecular flexibility index (Phi) is 8.71. The summed E-state index contributed by atoms with van der Waals surface area (Å²) in [6.07, 6.45) is 2.22. The predicted octanol–water partition coefficient (Wildman–Crippen LogP) is 8.77. The van der Waals surface area contributed by atoms with Crippen LogP contribution in [0.5, 0.6) is 5.75 Å². The molecule has 12 heteroatoms. The Balaban J connectivity index is 1.16. The lowest BCUT2D eigenvalue weighted by Crippen LogP contribution is -2.53. The van der Waals surface area contributed by atoms with Gasteiger partial charge in [-0.3, -0.25) is 29.5 Å². The number of benzene rings is 5. The van der Waals surface area contributed by atoms with Gasteiger partial charge in [-0.1, -0.05) is 71.2 Å². The van der Waals surface area contributed by atoms with Crippen LogP contribution < -0.4 is 15.6 Å². The van der Waals surface area contributed by atoms with Crippen LogP contribution >= 0.6 is 23.2 Å². The number of nitrogens with one attached hydrogen (secondary N) is 2. The zero-order chi connectivity index (χ0) is 38.9. The topological polar surface area (TPSA) is 119 Å². The molecule has 56 heavy (non-hydrogen) atoms. The van der Waals surface area contributed by atoms with Gasteiger partial charge in [-0.2, -0.15) is 5.01 Å². The molecule has 3 fully saturated rings. The van der Waals surface area contributed by atoms with Crippen LogP contribution in [0, 0.1) is 29.5 Å². The number of fused-ring (bicyclic) bond motifs is 4. The van der Waals surface area contributed by atoms with E-state index in [1.165, 1.54) is 41.3 Å². The highest BCUT2D eigenvalue weighted by molar-refractivity contribution is 6.32. The van der Waals surface area contributed by atoms with Crippen LogP contribution in [0.4, 0.5) is 27.1 Å². The summed E-state index contributed by atoms with van der Waals surface area (Å²) in [6, 6.07) is 33.2. The zero-order valence-electron chi connectivity index (χ0n) is 29.5. The Hall–Kier alpha value is -5.97. The Labute approximate surface area is 331 Å². The first-order chi connectivity index (χ1) is 27.1. The molecule has 0 radical (unpaired) electrons. The lowest BCUT2D eigenvalue weighted by atomic mass is 9.49. The molecule has 9 nitrogen and oxygen atoms in total. The number of imide groups is 2. The third-order valence-corrected chi connectivity index (χ3v) is 12.3. The van der Waals surface area contributed by atoms with Crippen LogP contribution in [0.25, 0.3) is 0 Å². The maximum absolute atomic E-state index is 15.3. The van der Waals surface area contributed by atoms with Gasteiger partial charge in [0.15, 0.2) is 0 Å². The summed E-state index contributed by atoms with van der Waals surface area (Å²) in [5.74, 6) is -6.51. The standard InChI is InChI=1S/C44H33Cl2FN4O5/c45-25-8-6-24(7-9-25)44-36(41(54)51(43(44)56)49-29-12-10-26(47)11-13-29)23-35-32(39(44)33-19-18-31(52)22-37(33)46)20-21-34-38(35)42(55)50(40(34)53)30-16-14-28(15-17-30)48-27-4-2-1-3-5-27/h1-20,22,34-36,38-39,48-49,52H,21,23H2. The first kappa shape index (κ1) is 35.7. The molecule has 2 aliphatic heterocycles. The summed E-state index contributed by atoms with van der Waals surface area (Å²) in [5, 5.41) is 15.3. The number of para-hydroxylation sites is 1. The number of phenolic OH excluding ortho intramolecular Hbond substituents is 1. The number of carbonyl (C=O) groups excluding carboxylic acids is 4. The Morgan fingerprint density at radius 3 is 2.11 bits per heavy atom. The summed E-state index contributed by atoms with van der Waals surface area (Å²) >= 11 is 13.3. The van der Waals surface area contributed by atoms with Gasteiger partial charge >= 0.3 is 0 Å². The fourth-order valence-electron chi connectivity index (χ4n) is 9.39. The molecule has 0 bridgehead atoms. The lowest BCUT2D eigenvalue weighted by molar-refractivity contribution is -0.138. The number of hydrogen-bond donors (Lipinski definition) is 3. The molecule has 280 valence electrons. The number of nitrogens with zero attached hydrogens (tertiary/aromatic N) is 2. The van der Waals surface area contributed by atoms with Crippen LogP contribution in [0.2, 0.25) is 10.0 Å². The third kappa shape index (κ3) is 5.58. The van der Waals surface area contributed by atoms with Crippen molar-refractivity contribution in [3.63, 3.8) is 0 Å². The second-order valence-electron chi connectivity index (χ2n) is 14.6. The number of amides is 4. The molecule has 1 saturated carbocycles. The van der Waals surface area contributed by atoms with E-state index in [4.69, 9.17) is 23.2 Å². The number of halogens is 3. The van der Waals surface area contributed by atoms with Crippen molar-refractivity contribution >= 4 is 69.6 Å². The summed E-state index contributed by atoms with van der Waals surface area (Å²) < 4.78 is 13.9. The highest BCUT2D eigenvalue weighted by Crippen LogP contribution is 2.65. The molecule has 2 saturated heterocycles. The van der Waals surface area contributed by atoms with Crippen LogP contribution in [0.15, 0.2) is 133 Å². The van der Waals surface area contributed by atoms with Crippen molar-refractivity contribution in [2.75, 3.05) is 15.6 Å². The molecule has 0 spiro atoms. The third-order valence-electron chi connectivity index (χ3n) is 11.7. The van der Waals surface area contributed by atoms with Crippen molar-refractivity contribution in [2.45, 2.75) is 24.2 Å². The van der Waals surface area contributed by atoms with Crippen LogP contribution in [0.1, 0.15) is 29.9 Å². The van der Waals surface area contributed by atoms with Gasteiger partial charge in [-0.25, -0.2) is 4.39 Å². The summed E-state index contributed by atoms with van der Waals surface area (Å²) in [7, 11) is 0. The molecule has 0 aromatic heterocycles. The summed E-state index contributed by atoms with van der Waals surface area (Å²) in [5.41, 5.74) is 5.43. The molecule has 5 aromatic rings. The first-order valence-electron chi connectivity index (χ1n) is 18.2. The van der Waals surface area contributed by atoms with Gasteiger partial charge in [0, 0.05) is 27.3 Å². The number of hydrogen-bond acceptors (Lipinski definition) is 7. The molecule has 4 amide bonds. The largest absolute Gasteiger partial charge is 0.508 e. The van der Waals surface area contributed by atoms with E-state index in [2.05, 4.69) is 10.7 Å². The number of carbonyl (C=O) groups is 4. The second kappa shape index (κ2) is 13.6. The minimum absolute atomic E-state index is 0.0702. The molecule has 6 unspecified atom stereocenters. The Morgan fingerprint density at radius 2 is 1.41 bits per heavy atom. The van der Waals surface area contributed by atoms with Crippen LogP contribution in [-0.4, -0.2) is 33.7 Å². The van der Waals surface area contributed by atoms with Crippen molar-refractivity contribution in [1.29, 1.82) is 0 Å². The molecule has 5 aromatic carbocycles. The Bertz CT molecular complexity index is 2440. The van der Waals surface area contributed by atoms with E-state index in [0.717, 1.165) is 16.4 Å². The monoisotopic (exact) mass is 786 g/mol. The number of phenols is 1. The van der Waals surface area contributed by atoms with Gasteiger partial charge in [0.05, 0.1) is 34.5 Å². The molecule has 2 heterocycles. The Morgan fingerprint density at radius 1 is 0.732 bits per heavy atom. The first-order valence-corrected chi connectivity index (χ1v) is 19.0. The van der Waals surface area contributed by atoms with Crippen molar-refractivity contribution < 1.29 is 28.7 Å². The molecule has 4 aliphatic rings. The molecular formula is C44H33Cl2FN4O5. The SMILES string of the molecule is O=C1C2CC3C(=CCC4C(=O)N(c5ccc(Nc6ccccc6)cc5)C(=O)C43)C(c3ccc(O)cc3Cl)C2(c2ccc(Cl)cc2)C(=O)N1Nc1ccc(F)cc1. The number of hydrazine groups is 1. The minimum atomic E-state index is -1.60. The van der Waals surface area contributed by atoms with Crippen LogP contribution in [0.3, 0.4) is 0 Å². The predicted molar refractivity (Wildman–Crippen MR) is 211 cm³/mol. The average Bonchev–Trinajstić information content (AvgIpc) is 3.57. The highest BCUT2D eigenvalue weighted by Gasteiger charge is 2.70. The fraction of sp³-hybridized carbons (Fsp3) is 0.182. The molecular weight excluding hydrogens is 754 g/mol. The van der Waals surface area contributed by atoms with Gasteiger partial charge in [-0.15, -0.1) is 0 Å². The van der Waals surface area contributed by atoms with E-state index in [-0.39, 0.29) is 35.4 Å². The van der Waals surface area contributed by atoms with E-state index < -0.39 is 52.6 Å². The van der Waals surface area contributed by atoms with Gasteiger partial charge in [0.25, 0.3) is 11.8 Å². The van der Waals surface area contributed by atoms with E-state index >= 15 is 4.79 Å². The molecule has 6 atom stereocenters. The van der Waals surface area contributed by atoms with E-state index in [1.807, 2.05) is 48.5 Å². The molecule has 3 N–H and O–H groups in total. The van der Waals surface area contributed by atoms with Crippen molar-refractivity contribution in [1.82, 2.24) is 5.01 Å². The van der Waals surface area contributed by atoms with E-state index in [0.29, 0.717) is 33.1 Å². The van der Waals surface area contributed by atoms with E-state index in [9.17, 15) is 23.9 Å². The fourth-order valence-corrected chi connectivity index (χ4v) is 9.80. The van der Waals surface area contributed by atoms with E-state index in [1.54, 1.807) is 42.5 Å². The van der Waals surface area contributed by atoms with Gasteiger partial charge in [0.2, 0.25) is 11.8 Å². The van der Waals surface area contributed by atoms with Crippen molar-refractivity contribution in [2.24, 2.45) is 23.7 Å². The molecule has 9 rings (SSSR count). The maximum atomic E-state index is 15.3. The summed E-state index contributed by atoms with van der Waals surface area (Å²) in [6.45, 7) is 0. The number of rotatable bonds is 7.